The van der Waals surface area contributed by atoms with E-state index in [4.69, 9.17) is 0 Å². The molecule has 2 fully saturated rings. The van der Waals surface area contributed by atoms with Crippen molar-refractivity contribution in [3.05, 3.63) is 47.3 Å². The van der Waals surface area contributed by atoms with E-state index in [9.17, 15) is 18.8 Å². The minimum atomic E-state index is -0.413. The molecule has 130 valence electrons. The number of fused-ring (bicyclic) bond motifs is 1. The van der Waals surface area contributed by atoms with Crippen LogP contribution in [0.5, 0.6) is 0 Å². The highest BCUT2D eigenvalue weighted by Crippen LogP contribution is 2.37. The maximum Gasteiger partial charge on any atom is 0.254 e. The Kier molecular flexibility index (Phi) is 3.71. The number of amides is 3. The number of halogens is 1. The van der Waals surface area contributed by atoms with E-state index in [1.165, 1.54) is 11.0 Å². The van der Waals surface area contributed by atoms with Crippen LogP contribution in [0.3, 0.4) is 0 Å². The second-order valence-corrected chi connectivity index (χ2v) is 7.03. The van der Waals surface area contributed by atoms with Gasteiger partial charge in [-0.3, -0.25) is 19.3 Å². The smallest absolute Gasteiger partial charge is 0.254 e. The summed E-state index contributed by atoms with van der Waals surface area (Å²) in [6.07, 6.45) is 5.14. The van der Waals surface area contributed by atoms with Crippen LogP contribution in [0, 0.1) is 24.6 Å². The van der Waals surface area contributed by atoms with Crippen LogP contribution in [0.25, 0.3) is 0 Å². The summed E-state index contributed by atoms with van der Waals surface area (Å²) in [5, 5.41) is 0. The molecule has 2 unspecified atom stereocenters. The zero-order chi connectivity index (χ0) is 17.7. The second kappa shape index (κ2) is 5.79. The summed E-state index contributed by atoms with van der Waals surface area (Å²) in [6.45, 7) is 2.28. The van der Waals surface area contributed by atoms with Crippen molar-refractivity contribution in [2.45, 2.75) is 25.8 Å². The summed E-state index contributed by atoms with van der Waals surface area (Å²) in [5.41, 5.74) is 0.779. The molecule has 1 aliphatic carbocycles. The van der Waals surface area contributed by atoms with Crippen molar-refractivity contribution in [3.63, 3.8) is 0 Å². The maximum absolute atomic E-state index is 13.6. The minimum absolute atomic E-state index is 0.113. The van der Waals surface area contributed by atoms with E-state index in [2.05, 4.69) is 0 Å². The molecule has 0 N–H and O–H groups in total. The van der Waals surface area contributed by atoms with Crippen molar-refractivity contribution >= 4 is 17.7 Å². The van der Waals surface area contributed by atoms with E-state index >= 15 is 0 Å². The van der Waals surface area contributed by atoms with E-state index in [1.807, 2.05) is 12.2 Å². The predicted octanol–water partition coefficient (Wildman–Crippen LogP) is 1.91. The van der Waals surface area contributed by atoms with Crippen LogP contribution in [-0.2, 0) is 9.59 Å². The van der Waals surface area contributed by atoms with E-state index < -0.39 is 5.82 Å². The van der Waals surface area contributed by atoms with Crippen LogP contribution in [0.4, 0.5) is 4.39 Å². The van der Waals surface area contributed by atoms with Crippen LogP contribution in [-0.4, -0.2) is 46.7 Å². The van der Waals surface area contributed by atoms with Gasteiger partial charge in [-0.15, -0.1) is 0 Å². The molecule has 0 saturated carbocycles. The lowest BCUT2D eigenvalue weighted by molar-refractivity contribution is -0.145. The molecule has 1 aromatic carbocycles. The van der Waals surface area contributed by atoms with Gasteiger partial charge in [-0.25, -0.2) is 4.39 Å². The van der Waals surface area contributed by atoms with Gasteiger partial charge >= 0.3 is 0 Å². The highest BCUT2D eigenvalue weighted by Gasteiger charge is 2.52. The van der Waals surface area contributed by atoms with Gasteiger partial charge in [0.2, 0.25) is 11.8 Å². The average molecular weight is 342 g/mol. The fourth-order valence-electron chi connectivity index (χ4n) is 3.88. The Morgan fingerprint density at radius 2 is 1.68 bits per heavy atom. The van der Waals surface area contributed by atoms with Crippen LogP contribution in [0.1, 0.15) is 28.8 Å². The van der Waals surface area contributed by atoms with Crippen molar-refractivity contribution in [2.75, 3.05) is 13.1 Å². The van der Waals surface area contributed by atoms with Gasteiger partial charge in [0.25, 0.3) is 5.91 Å². The van der Waals surface area contributed by atoms with Gasteiger partial charge in [-0.05, 0) is 37.5 Å². The third kappa shape index (κ3) is 2.47. The number of hydrogen-bond donors (Lipinski definition) is 0. The molecular weight excluding hydrogens is 323 g/mol. The van der Waals surface area contributed by atoms with Gasteiger partial charge in [0.15, 0.2) is 0 Å². The standard InChI is InChI=1S/C19H19FN2O3/c1-11-6-7-12(8-16(11)20)17(23)21-9-13(10-21)22-18(24)14-4-2-3-5-15(14)19(22)25/h2-3,6-8,13-15H,4-5,9-10H2,1H3. The lowest BCUT2D eigenvalue weighted by atomic mass is 9.85. The van der Waals surface area contributed by atoms with Crippen molar-refractivity contribution in [3.8, 4) is 0 Å². The lowest BCUT2D eigenvalue weighted by Crippen LogP contribution is -2.62. The second-order valence-electron chi connectivity index (χ2n) is 7.03. The van der Waals surface area contributed by atoms with Gasteiger partial charge in [0.1, 0.15) is 5.82 Å². The number of carbonyl (C=O) groups is 3. The number of aryl methyl sites for hydroxylation is 1. The van der Waals surface area contributed by atoms with Crippen LogP contribution in [0.15, 0.2) is 30.4 Å². The number of carbonyl (C=O) groups excluding carboxylic acids is 3. The molecule has 1 aromatic rings. The molecule has 5 nitrogen and oxygen atoms in total. The summed E-state index contributed by atoms with van der Waals surface area (Å²) < 4.78 is 13.6. The molecule has 3 amide bonds. The molecule has 2 heterocycles. The number of nitrogens with zero attached hydrogens (tertiary/aromatic N) is 2. The molecule has 0 spiro atoms. The molecule has 2 aliphatic heterocycles. The Labute approximate surface area is 145 Å². The van der Waals surface area contributed by atoms with Crippen LogP contribution < -0.4 is 0 Å². The number of imide groups is 1. The molecule has 25 heavy (non-hydrogen) atoms. The quantitative estimate of drug-likeness (QED) is 0.609. The van der Waals surface area contributed by atoms with Gasteiger partial charge in [0.05, 0.1) is 17.9 Å². The van der Waals surface area contributed by atoms with Crippen molar-refractivity contribution in [2.24, 2.45) is 11.8 Å². The first-order valence-corrected chi connectivity index (χ1v) is 8.54. The number of rotatable bonds is 2. The number of benzene rings is 1. The summed E-state index contributed by atoms with van der Waals surface area (Å²) in [6, 6.07) is 4.15. The monoisotopic (exact) mass is 342 g/mol. The van der Waals surface area contributed by atoms with Crippen molar-refractivity contribution < 1.29 is 18.8 Å². The normalized spacial score (nSPS) is 26.0. The Morgan fingerprint density at radius 3 is 2.24 bits per heavy atom. The first-order valence-electron chi connectivity index (χ1n) is 8.54. The van der Waals surface area contributed by atoms with Gasteiger partial charge in [-0.1, -0.05) is 18.2 Å². The summed E-state index contributed by atoms with van der Waals surface area (Å²) in [7, 11) is 0. The molecule has 6 heteroatoms. The van der Waals surface area contributed by atoms with Crippen LogP contribution in [0.2, 0.25) is 0 Å². The largest absolute Gasteiger partial charge is 0.334 e. The molecule has 4 rings (SSSR count). The number of allylic oxidation sites excluding steroid dienone is 2. The molecular formula is C19H19FN2O3. The number of likely N-dealkylation sites (tertiary alicyclic amines) is 2. The molecule has 2 saturated heterocycles. The third-order valence-corrected chi connectivity index (χ3v) is 5.48. The van der Waals surface area contributed by atoms with E-state index in [0.29, 0.717) is 37.1 Å². The highest BCUT2D eigenvalue weighted by atomic mass is 19.1. The molecule has 2 atom stereocenters. The van der Waals surface area contributed by atoms with E-state index in [-0.39, 0.29) is 35.6 Å². The topological polar surface area (TPSA) is 57.7 Å². The summed E-state index contributed by atoms with van der Waals surface area (Å²) >= 11 is 0. The Balaban J connectivity index is 1.43. The predicted molar refractivity (Wildman–Crippen MR) is 88.0 cm³/mol. The molecule has 3 aliphatic rings. The Morgan fingerprint density at radius 1 is 1.08 bits per heavy atom. The first-order chi connectivity index (χ1) is 12.0. The molecule has 0 aromatic heterocycles. The molecule has 0 bridgehead atoms. The fourth-order valence-corrected chi connectivity index (χ4v) is 3.88. The molecule has 0 radical (unpaired) electrons. The summed E-state index contributed by atoms with van der Waals surface area (Å²) in [4.78, 5) is 40.4. The van der Waals surface area contributed by atoms with E-state index in [1.54, 1.807) is 24.0 Å². The fraction of sp³-hybridized carbons (Fsp3) is 0.421. The van der Waals surface area contributed by atoms with Crippen molar-refractivity contribution in [1.82, 2.24) is 9.80 Å². The minimum Gasteiger partial charge on any atom is -0.334 e. The maximum atomic E-state index is 13.6. The first kappa shape index (κ1) is 16.0. The number of hydrogen-bond acceptors (Lipinski definition) is 3. The highest BCUT2D eigenvalue weighted by molar-refractivity contribution is 6.06. The van der Waals surface area contributed by atoms with Gasteiger partial charge < -0.3 is 4.90 Å². The zero-order valence-corrected chi connectivity index (χ0v) is 13.9. The average Bonchev–Trinajstić information content (AvgIpc) is 2.81. The third-order valence-electron chi connectivity index (χ3n) is 5.48. The zero-order valence-electron chi connectivity index (χ0n) is 13.9. The lowest BCUT2D eigenvalue weighted by Gasteiger charge is -2.43. The summed E-state index contributed by atoms with van der Waals surface area (Å²) in [5.74, 6) is -1.39. The Bertz CT molecular complexity index is 772. The SMILES string of the molecule is Cc1ccc(C(=O)N2CC(N3C(=O)C4CC=CCC4C3=O)C2)cc1F. The van der Waals surface area contributed by atoms with Crippen LogP contribution >= 0.6 is 0 Å². The Hall–Kier alpha value is -2.50. The van der Waals surface area contributed by atoms with Gasteiger partial charge in [0, 0.05) is 18.7 Å². The van der Waals surface area contributed by atoms with Crippen molar-refractivity contribution in [1.29, 1.82) is 0 Å². The van der Waals surface area contributed by atoms with E-state index in [0.717, 1.165) is 0 Å². The van der Waals surface area contributed by atoms with Gasteiger partial charge in [-0.2, -0.15) is 0 Å².